The van der Waals surface area contributed by atoms with Gasteiger partial charge in [0.2, 0.25) is 10.0 Å². The maximum atomic E-state index is 13.0. The molecule has 0 aliphatic carbocycles. The number of ether oxygens (including phenoxy) is 3. The van der Waals surface area contributed by atoms with Crippen LogP contribution in [-0.4, -0.2) is 64.6 Å². The number of nitrogens with one attached hydrogen (secondary N) is 1. The number of rotatable bonds is 8. The van der Waals surface area contributed by atoms with Crippen molar-refractivity contribution in [1.82, 2.24) is 9.62 Å². The smallest absolute Gasteiger partial charge is 0.338 e. The molecule has 1 saturated heterocycles. The van der Waals surface area contributed by atoms with Gasteiger partial charge in [0.25, 0.3) is 5.91 Å². The third-order valence-electron chi connectivity index (χ3n) is 4.76. The van der Waals surface area contributed by atoms with Crippen LogP contribution >= 0.6 is 11.6 Å². The van der Waals surface area contributed by atoms with Gasteiger partial charge in [-0.2, -0.15) is 4.31 Å². The zero-order valence-electron chi connectivity index (χ0n) is 17.4. The monoisotopic (exact) mass is 482 g/mol. The van der Waals surface area contributed by atoms with Crippen molar-refractivity contribution < 1.29 is 32.2 Å². The van der Waals surface area contributed by atoms with Gasteiger partial charge in [-0.3, -0.25) is 4.79 Å². The minimum atomic E-state index is -3.91. The summed E-state index contributed by atoms with van der Waals surface area (Å²) in [6, 6.07) is 11.0. The molecule has 11 heteroatoms. The molecule has 0 bridgehead atoms. The Bertz CT molecular complexity index is 1090. The summed E-state index contributed by atoms with van der Waals surface area (Å²) in [6.45, 7) is 0.623. The summed E-state index contributed by atoms with van der Waals surface area (Å²) in [7, 11) is -2.56. The van der Waals surface area contributed by atoms with E-state index in [1.165, 1.54) is 29.6 Å². The molecule has 1 amide bonds. The summed E-state index contributed by atoms with van der Waals surface area (Å²) in [4.78, 5) is 24.3. The van der Waals surface area contributed by atoms with Gasteiger partial charge in [0, 0.05) is 24.7 Å². The number of methoxy groups -OCH3 is 1. The lowest BCUT2D eigenvalue weighted by Gasteiger charge is -2.26. The van der Waals surface area contributed by atoms with Crippen molar-refractivity contribution in [3.63, 3.8) is 0 Å². The van der Waals surface area contributed by atoms with Gasteiger partial charge < -0.3 is 19.5 Å². The molecule has 1 N–H and O–H groups in total. The second-order valence-electron chi connectivity index (χ2n) is 6.83. The van der Waals surface area contributed by atoms with E-state index in [2.05, 4.69) is 5.32 Å². The van der Waals surface area contributed by atoms with E-state index in [0.717, 1.165) is 5.56 Å². The molecule has 1 aliphatic heterocycles. The number of morpholine rings is 1. The number of hydrogen-bond donors (Lipinski definition) is 1. The number of carbonyl (C=O) groups excluding carboxylic acids is 2. The van der Waals surface area contributed by atoms with Crippen molar-refractivity contribution in [2.24, 2.45) is 0 Å². The van der Waals surface area contributed by atoms with Crippen molar-refractivity contribution in [3.05, 3.63) is 58.6 Å². The van der Waals surface area contributed by atoms with Crippen LogP contribution in [0.2, 0.25) is 5.02 Å². The van der Waals surface area contributed by atoms with Gasteiger partial charge in [-0.25, -0.2) is 13.2 Å². The third kappa shape index (κ3) is 5.77. The molecule has 1 fully saturated rings. The standard InChI is InChI=1S/C21H23ClN2O7S/c1-29-18-7-6-15(12-19(18)32(27,28)24-8-10-30-11-9-24)21(26)31-14-20(25)23-13-16-4-2-3-5-17(16)22/h2-7,12H,8-11,13-14H2,1H3,(H,23,25). The zero-order chi connectivity index (χ0) is 23.1. The molecule has 0 radical (unpaired) electrons. The van der Waals surface area contributed by atoms with Gasteiger partial charge in [0.05, 0.1) is 25.9 Å². The van der Waals surface area contributed by atoms with Crippen LogP contribution in [0.15, 0.2) is 47.4 Å². The molecule has 32 heavy (non-hydrogen) atoms. The molecular weight excluding hydrogens is 460 g/mol. The lowest BCUT2D eigenvalue weighted by Crippen LogP contribution is -2.40. The van der Waals surface area contributed by atoms with Crippen molar-refractivity contribution >= 4 is 33.5 Å². The molecule has 1 heterocycles. The Balaban J connectivity index is 1.65. The third-order valence-corrected chi connectivity index (χ3v) is 7.04. The van der Waals surface area contributed by atoms with Crippen LogP contribution in [0.5, 0.6) is 5.75 Å². The summed E-state index contributed by atoms with van der Waals surface area (Å²) in [5.41, 5.74) is 0.707. The minimum absolute atomic E-state index is 0.0171. The summed E-state index contributed by atoms with van der Waals surface area (Å²) in [6.07, 6.45) is 0. The van der Waals surface area contributed by atoms with Crippen molar-refractivity contribution in [2.75, 3.05) is 40.0 Å². The van der Waals surface area contributed by atoms with E-state index in [0.29, 0.717) is 5.02 Å². The maximum Gasteiger partial charge on any atom is 0.338 e. The SMILES string of the molecule is COc1ccc(C(=O)OCC(=O)NCc2ccccc2Cl)cc1S(=O)(=O)N1CCOCC1. The highest BCUT2D eigenvalue weighted by Gasteiger charge is 2.30. The van der Waals surface area contributed by atoms with E-state index in [-0.39, 0.29) is 49.1 Å². The van der Waals surface area contributed by atoms with Crippen LogP contribution in [-0.2, 0) is 30.8 Å². The number of sulfonamides is 1. The molecule has 2 aromatic carbocycles. The Morgan fingerprint density at radius 1 is 1.16 bits per heavy atom. The quantitative estimate of drug-likeness (QED) is 0.571. The number of halogens is 1. The van der Waals surface area contributed by atoms with Gasteiger partial charge >= 0.3 is 5.97 Å². The van der Waals surface area contributed by atoms with Crippen molar-refractivity contribution in [3.8, 4) is 5.75 Å². The fraction of sp³-hybridized carbons (Fsp3) is 0.333. The molecule has 0 aromatic heterocycles. The first-order chi connectivity index (χ1) is 15.3. The number of esters is 1. The topological polar surface area (TPSA) is 111 Å². The zero-order valence-corrected chi connectivity index (χ0v) is 18.9. The Labute approximate surface area is 191 Å². The molecule has 1 aliphatic rings. The number of hydrogen-bond acceptors (Lipinski definition) is 7. The van der Waals surface area contributed by atoms with Crippen molar-refractivity contribution in [2.45, 2.75) is 11.4 Å². The van der Waals surface area contributed by atoms with Crippen LogP contribution in [0.1, 0.15) is 15.9 Å². The highest BCUT2D eigenvalue weighted by atomic mass is 35.5. The second kappa shape index (κ2) is 10.8. The number of benzene rings is 2. The largest absolute Gasteiger partial charge is 0.495 e. The highest BCUT2D eigenvalue weighted by Crippen LogP contribution is 2.28. The molecular formula is C21H23ClN2O7S. The van der Waals surface area contributed by atoms with E-state index in [1.54, 1.807) is 24.3 Å². The van der Waals surface area contributed by atoms with Crippen LogP contribution in [0.4, 0.5) is 0 Å². The van der Waals surface area contributed by atoms with Gasteiger partial charge in [-0.15, -0.1) is 0 Å². The number of nitrogens with zero attached hydrogens (tertiary/aromatic N) is 1. The Hall–Kier alpha value is -2.66. The average molecular weight is 483 g/mol. The van der Waals surface area contributed by atoms with E-state index < -0.39 is 28.5 Å². The lowest BCUT2D eigenvalue weighted by molar-refractivity contribution is -0.124. The molecule has 9 nitrogen and oxygen atoms in total. The van der Waals surface area contributed by atoms with Gasteiger partial charge in [0.15, 0.2) is 6.61 Å². The predicted molar refractivity (Wildman–Crippen MR) is 116 cm³/mol. The van der Waals surface area contributed by atoms with Crippen LogP contribution in [0.3, 0.4) is 0 Å². The Kier molecular flexibility index (Phi) is 8.08. The van der Waals surface area contributed by atoms with Crippen LogP contribution in [0.25, 0.3) is 0 Å². The van der Waals surface area contributed by atoms with Crippen molar-refractivity contribution in [1.29, 1.82) is 0 Å². The summed E-state index contributed by atoms with van der Waals surface area (Å²) in [5, 5.41) is 3.12. The summed E-state index contributed by atoms with van der Waals surface area (Å²) in [5.74, 6) is -1.25. The van der Waals surface area contributed by atoms with Gasteiger partial charge in [0.1, 0.15) is 10.6 Å². The predicted octanol–water partition coefficient (Wildman–Crippen LogP) is 1.84. The maximum absolute atomic E-state index is 13.0. The summed E-state index contributed by atoms with van der Waals surface area (Å²) < 4.78 is 42.7. The number of carbonyl (C=O) groups is 2. The molecule has 172 valence electrons. The molecule has 0 unspecified atom stereocenters. The number of amides is 1. The lowest BCUT2D eigenvalue weighted by atomic mass is 10.2. The molecule has 2 aromatic rings. The first kappa shape index (κ1) is 24.0. The van der Waals surface area contributed by atoms with Gasteiger partial charge in [-0.05, 0) is 29.8 Å². The fourth-order valence-corrected chi connectivity index (χ4v) is 4.82. The van der Waals surface area contributed by atoms with Crippen LogP contribution < -0.4 is 10.1 Å². The first-order valence-electron chi connectivity index (χ1n) is 9.76. The Morgan fingerprint density at radius 2 is 1.88 bits per heavy atom. The minimum Gasteiger partial charge on any atom is -0.495 e. The van der Waals surface area contributed by atoms with E-state index in [1.807, 2.05) is 0 Å². The van der Waals surface area contributed by atoms with Gasteiger partial charge in [-0.1, -0.05) is 29.8 Å². The Morgan fingerprint density at radius 3 is 2.56 bits per heavy atom. The normalized spacial score (nSPS) is 14.6. The average Bonchev–Trinajstić information content (AvgIpc) is 2.82. The van der Waals surface area contributed by atoms with E-state index in [4.69, 9.17) is 25.8 Å². The van der Waals surface area contributed by atoms with E-state index in [9.17, 15) is 18.0 Å². The molecule has 0 atom stereocenters. The molecule has 0 spiro atoms. The fourth-order valence-electron chi connectivity index (χ4n) is 3.03. The van der Waals surface area contributed by atoms with Crippen LogP contribution in [0, 0.1) is 0 Å². The summed E-state index contributed by atoms with van der Waals surface area (Å²) >= 11 is 6.04. The molecule has 0 saturated carbocycles. The van der Waals surface area contributed by atoms with E-state index >= 15 is 0 Å². The molecule has 3 rings (SSSR count). The second-order valence-corrected chi connectivity index (χ2v) is 9.14. The highest BCUT2D eigenvalue weighted by molar-refractivity contribution is 7.89. The first-order valence-corrected chi connectivity index (χ1v) is 11.6.